The number of carbonyl (C=O) groups excluding carboxylic acids is 1. The molecule has 2 aromatic carbocycles. The van der Waals surface area contributed by atoms with Gasteiger partial charge in [0.25, 0.3) is 5.91 Å². The van der Waals surface area contributed by atoms with E-state index in [1.807, 2.05) is 47.0 Å². The highest BCUT2D eigenvalue weighted by Crippen LogP contribution is 2.19. The van der Waals surface area contributed by atoms with Crippen LogP contribution in [0.1, 0.15) is 10.4 Å². The second kappa shape index (κ2) is 6.68. The minimum atomic E-state index is -0.182. The third kappa shape index (κ3) is 3.00. The zero-order valence-corrected chi connectivity index (χ0v) is 14.1. The lowest BCUT2D eigenvalue weighted by Crippen LogP contribution is -2.12. The van der Waals surface area contributed by atoms with Crippen LogP contribution in [-0.4, -0.2) is 27.6 Å². The van der Waals surface area contributed by atoms with E-state index in [2.05, 4.69) is 15.3 Å². The first-order valence-electron chi connectivity index (χ1n) is 8.08. The number of imidazole rings is 1. The Kier molecular flexibility index (Phi) is 4.07. The number of carbonyl (C=O) groups is 1. The first-order valence-corrected chi connectivity index (χ1v) is 8.08. The Morgan fingerprint density at radius 1 is 1.04 bits per heavy atom. The number of amides is 1. The molecule has 1 N–H and O–H groups in total. The zero-order chi connectivity index (χ0) is 17.9. The number of ether oxygens (including phenoxy) is 1. The summed E-state index contributed by atoms with van der Waals surface area (Å²) in [4.78, 5) is 21.1. The lowest BCUT2D eigenvalue weighted by Gasteiger charge is -2.08. The predicted molar refractivity (Wildman–Crippen MR) is 99.8 cm³/mol. The van der Waals surface area contributed by atoms with Crippen molar-refractivity contribution in [3.05, 3.63) is 78.8 Å². The van der Waals surface area contributed by atoms with Gasteiger partial charge in [0.1, 0.15) is 17.6 Å². The Hall–Kier alpha value is -3.67. The molecule has 0 radical (unpaired) electrons. The maximum absolute atomic E-state index is 12.4. The summed E-state index contributed by atoms with van der Waals surface area (Å²) < 4.78 is 7.06. The van der Waals surface area contributed by atoms with Crippen molar-refractivity contribution in [1.82, 2.24) is 14.5 Å². The van der Waals surface area contributed by atoms with Gasteiger partial charge in [0.05, 0.1) is 7.11 Å². The van der Waals surface area contributed by atoms with Crippen LogP contribution >= 0.6 is 0 Å². The van der Waals surface area contributed by atoms with Crippen LogP contribution in [0.15, 0.2) is 73.2 Å². The van der Waals surface area contributed by atoms with Gasteiger partial charge >= 0.3 is 0 Å². The van der Waals surface area contributed by atoms with Gasteiger partial charge in [-0.2, -0.15) is 0 Å². The lowest BCUT2D eigenvalue weighted by molar-refractivity contribution is 0.102. The summed E-state index contributed by atoms with van der Waals surface area (Å²) in [5, 5.41) is 2.87. The van der Waals surface area contributed by atoms with Gasteiger partial charge in [-0.25, -0.2) is 9.97 Å². The normalized spacial score (nSPS) is 10.7. The molecule has 26 heavy (non-hydrogen) atoms. The Bertz CT molecular complexity index is 1070. The molecular weight excluding hydrogens is 328 g/mol. The predicted octanol–water partition coefficient (Wildman–Crippen LogP) is 3.68. The Morgan fingerprint density at radius 3 is 2.69 bits per heavy atom. The first-order chi connectivity index (χ1) is 12.7. The summed E-state index contributed by atoms with van der Waals surface area (Å²) in [5.74, 6) is 0.510. The van der Waals surface area contributed by atoms with Gasteiger partial charge in [0.2, 0.25) is 0 Å². The summed E-state index contributed by atoms with van der Waals surface area (Å²) in [5.41, 5.74) is 3.75. The fourth-order valence-corrected chi connectivity index (χ4v) is 2.72. The number of hydrogen-bond acceptors (Lipinski definition) is 4. The van der Waals surface area contributed by atoms with Gasteiger partial charge in [-0.3, -0.25) is 9.36 Å². The smallest absolute Gasteiger partial charge is 0.255 e. The third-order valence-corrected chi connectivity index (χ3v) is 4.04. The molecule has 0 saturated carbocycles. The molecule has 2 aromatic heterocycles. The summed E-state index contributed by atoms with van der Waals surface area (Å²) in [6.45, 7) is 0. The van der Waals surface area contributed by atoms with Crippen molar-refractivity contribution in [3.63, 3.8) is 0 Å². The van der Waals surface area contributed by atoms with E-state index in [0.717, 1.165) is 16.9 Å². The molecule has 6 nitrogen and oxygen atoms in total. The van der Waals surface area contributed by atoms with E-state index in [1.165, 1.54) is 0 Å². The van der Waals surface area contributed by atoms with Crippen molar-refractivity contribution in [2.24, 2.45) is 0 Å². The molecule has 0 atom stereocenters. The first kappa shape index (κ1) is 15.8. The number of nitrogens with one attached hydrogen (secondary N) is 1. The molecule has 0 aliphatic rings. The second-order valence-electron chi connectivity index (χ2n) is 5.69. The van der Waals surface area contributed by atoms with E-state index in [4.69, 9.17) is 4.74 Å². The molecule has 128 valence electrons. The number of nitrogens with zero attached hydrogens (tertiary/aromatic N) is 3. The van der Waals surface area contributed by atoms with E-state index in [-0.39, 0.29) is 5.91 Å². The largest absolute Gasteiger partial charge is 0.497 e. The topological polar surface area (TPSA) is 69.0 Å². The monoisotopic (exact) mass is 344 g/mol. The van der Waals surface area contributed by atoms with Crippen molar-refractivity contribution < 1.29 is 9.53 Å². The van der Waals surface area contributed by atoms with Gasteiger partial charge in [0.15, 0.2) is 5.65 Å². The van der Waals surface area contributed by atoms with Crippen LogP contribution in [-0.2, 0) is 0 Å². The van der Waals surface area contributed by atoms with Crippen molar-refractivity contribution in [2.45, 2.75) is 0 Å². The minimum Gasteiger partial charge on any atom is -0.497 e. The standard InChI is InChI=1S/C20H16N4O2/c1-26-17-5-2-4-15(12-17)23-20(25)14-7-9-16(10-8-14)24-13-22-18-6-3-11-21-19(18)24/h2-13H,1H3,(H,23,25). The fourth-order valence-electron chi connectivity index (χ4n) is 2.72. The molecule has 0 fully saturated rings. The zero-order valence-electron chi connectivity index (χ0n) is 14.1. The van der Waals surface area contributed by atoms with Crippen LogP contribution in [0.4, 0.5) is 5.69 Å². The van der Waals surface area contributed by atoms with Gasteiger partial charge in [-0.05, 0) is 48.5 Å². The average Bonchev–Trinajstić information content (AvgIpc) is 3.12. The van der Waals surface area contributed by atoms with Gasteiger partial charge in [0, 0.05) is 29.2 Å². The molecule has 0 saturated heterocycles. The van der Waals surface area contributed by atoms with Crippen molar-refractivity contribution in [3.8, 4) is 11.4 Å². The Morgan fingerprint density at radius 2 is 1.88 bits per heavy atom. The average molecular weight is 344 g/mol. The highest BCUT2D eigenvalue weighted by Gasteiger charge is 2.09. The number of fused-ring (bicyclic) bond motifs is 1. The third-order valence-electron chi connectivity index (χ3n) is 4.04. The van der Waals surface area contributed by atoms with E-state index < -0.39 is 0 Å². The SMILES string of the molecule is COc1cccc(NC(=O)c2ccc(-n3cnc4cccnc43)cc2)c1. The van der Waals surface area contributed by atoms with E-state index in [9.17, 15) is 4.79 Å². The highest BCUT2D eigenvalue weighted by molar-refractivity contribution is 6.04. The van der Waals surface area contributed by atoms with Gasteiger partial charge in [-0.1, -0.05) is 6.07 Å². The highest BCUT2D eigenvalue weighted by atomic mass is 16.5. The number of pyridine rings is 1. The maximum atomic E-state index is 12.4. The van der Waals surface area contributed by atoms with E-state index in [1.54, 1.807) is 37.8 Å². The second-order valence-corrected chi connectivity index (χ2v) is 5.69. The van der Waals surface area contributed by atoms with Crippen LogP contribution in [0, 0.1) is 0 Å². The number of benzene rings is 2. The molecule has 0 aliphatic carbocycles. The molecule has 4 rings (SSSR count). The number of anilines is 1. The molecule has 0 spiro atoms. The molecular formula is C20H16N4O2. The molecule has 2 heterocycles. The van der Waals surface area contributed by atoms with Crippen molar-refractivity contribution >= 4 is 22.8 Å². The molecule has 0 bridgehead atoms. The molecule has 4 aromatic rings. The summed E-state index contributed by atoms with van der Waals surface area (Å²) in [6.07, 6.45) is 3.46. The molecule has 0 aliphatic heterocycles. The Labute approximate surface area is 150 Å². The lowest BCUT2D eigenvalue weighted by atomic mass is 10.2. The quantitative estimate of drug-likeness (QED) is 0.613. The molecule has 0 unspecified atom stereocenters. The summed E-state index contributed by atoms with van der Waals surface area (Å²) in [6, 6.07) is 18.3. The van der Waals surface area contributed by atoms with Crippen LogP contribution in [0.3, 0.4) is 0 Å². The van der Waals surface area contributed by atoms with Crippen LogP contribution < -0.4 is 10.1 Å². The minimum absolute atomic E-state index is 0.182. The number of rotatable bonds is 4. The number of methoxy groups -OCH3 is 1. The maximum Gasteiger partial charge on any atom is 0.255 e. The van der Waals surface area contributed by atoms with Gasteiger partial charge < -0.3 is 10.1 Å². The number of hydrogen-bond donors (Lipinski definition) is 1. The Balaban J connectivity index is 1.56. The summed E-state index contributed by atoms with van der Waals surface area (Å²) in [7, 11) is 1.59. The number of aromatic nitrogens is 3. The van der Waals surface area contributed by atoms with Crippen LogP contribution in [0.2, 0.25) is 0 Å². The van der Waals surface area contributed by atoms with Gasteiger partial charge in [-0.15, -0.1) is 0 Å². The van der Waals surface area contributed by atoms with E-state index >= 15 is 0 Å². The fraction of sp³-hybridized carbons (Fsp3) is 0.0500. The van der Waals surface area contributed by atoms with E-state index in [0.29, 0.717) is 17.0 Å². The molecule has 6 heteroatoms. The molecule has 1 amide bonds. The van der Waals surface area contributed by atoms with Crippen LogP contribution in [0.5, 0.6) is 5.75 Å². The van der Waals surface area contributed by atoms with Crippen molar-refractivity contribution in [2.75, 3.05) is 12.4 Å². The summed E-state index contributed by atoms with van der Waals surface area (Å²) >= 11 is 0. The van der Waals surface area contributed by atoms with Crippen molar-refractivity contribution in [1.29, 1.82) is 0 Å². The van der Waals surface area contributed by atoms with Crippen LogP contribution in [0.25, 0.3) is 16.9 Å².